The molecule has 1 N–H and O–H groups in total. The lowest BCUT2D eigenvalue weighted by Crippen LogP contribution is -2.18. The van der Waals surface area contributed by atoms with Crippen LogP contribution in [0.3, 0.4) is 0 Å². The van der Waals surface area contributed by atoms with Gasteiger partial charge in [-0.1, -0.05) is 17.7 Å². The summed E-state index contributed by atoms with van der Waals surface area (Å²) in [6.45, 7) is 2.11. The van der Waals surface area contributed by atoms with Crippen LogP contribution in [0.15, 0.2) is 28.3 Å². The van der Waals surface area contributed by atoms with Gasteiger partial charge in [0.25, 0.3) is 0 Å². The van der Waals surface area contributed by atoms with Crippen molar-refractivity contribution in [2.24, 2.45) is 0 Å². The van der Waals surface area contributed by atoms with Gasteiger partial charge in [-0.25, -0.2) is 9.97 Å². The minimum absolute atomic E-state index is 0.288. The Morgan fingerprint density at radius 1 is 1.53 bits per heavy atom. The summed E-state index contributed by atoms with van der Waals surface area (Å²) in [6, 6.07) is 4.48. The van der Waals surface area contributed by atoms with Crippen LogP contribution in [0.4, 0.5) is 5.82 Å². The van der Waals surface area contributed by atoms with E-state index in [4.69, 9.17) is 11.6 Å². The molecule has 1 atom stereocenters. The fourth-order valence-electron chi connectivity index (χ4n) is 1.46. The van der Waals surface area contributed by atoms with Crippen LogP contribution in [0.1, 0.15) is 11.8 Å². The van der Waals surface area contributed by atoms with Gasteiger partial charge in [-0.2, -0.15) is 0 Å². The molecule has 0 radical (unpaired) electrons. The highest BCUT2D eigenvalue weighted by Crippen LogP contribution is 2.26. The second-order valence-electron chi connectivity index (χ2n) is 3.66. The molecule has 0 aliphatic carbocycles. The van der Waals surface area contributed by atoms with Gasteiger partial charge < -0.3 is 5.32 Å². The van der Waals surface area contributed by atoms with Crippen molar-refractivity contribution in [3.63, 3.8) is 0 Å². The Morgan fingerprint density at radius 3 is 3.06 bits per heavy atom. The fraction of sp³-hybridized carbons (Fsp3) is 0.273. The van der Waals surface area contributed by atoms with Crippen LogP contribution in [0.5, 0.6) is 0 Å². The maximum absolute atomic E-state index is 5.90. The van der Waals surface area contributed by atoms with Gasteiger partial charge in [-0.05, 0) is 34.3 Å². The van der Waals surface area contributed by atoms with Crippen LogP contribution in [0.25, 0.3) is 0 Å². The zero-order valence-corrected chi connectivity index (χ0v) is 12.3. The SMILES string of the molecule is CC(Cc1cccs1)Nc1ncnc(Cl)c1Br. The predicted octanol–water partition coefficient (Wildman–Crippen LogP) is 4.00. The van der Waals surface area contributed by atoms with Crippen LogP contribution < -0.4 is 5.32 Å². The number of hydrogen-bond acceptors (Lipinski definition) is 4. The van der Waals surface area contributed by atoms with E-state index in [9.17, 15) is 0 Å². The predicted molar refractivity (Wildman–Crippen MR) is 75.8 cm³/mol. The molecule has 0 saturated heterocycles. The molecule has 3 nitrogen and oxygen atoms in total. The van der Waals surface area contributed by atoms with Crippen molar-refractivity contribution in [3.05, 3.63) is 38.3 Å². The van der Waals surface area contributed by atoms with E-state index >= 15 is 0 Å². The summed E-state index contributed by atoms with van der Waals surface area (Å²) in [7, 11) is 0. The van der Waals surface area contributed by atoms with E-state index in [0.29, 0.717) is 9.63 Å². The number of halogens is 2. The number of rotatable bonds is 4. The summed E-state index contributed by atoms with van der Waals surface area (Å²) >= 11 is 11.0. The lowest BCUT2D eigenvalue weighted by molar-refractivity contribution is 0.792. The molecule has 2 rings (SSSR count). The number of anilines is 1. The van der Waals surface area contributed by atoms with E-state index in [1.165, 1.54) is 11.2 Å². The normalized spacial score (nSPS) is 12.4. The average Bonchev–Trinajstić information content (AvgIpc) is 2.77. The van der Waals surface area contributed by atoms with Crippen molar-refractivity contribution in [2.45, 2.75) is 19.4 Å². The molecule has 2 aromatic rings. The standard InChI is InChI=1S/C11H11BrClN3S/c1-7(5-8-3-2-4-17-8)16-11-9(12)10(13)14-6-15-11/h2-4,6-7H,5H2,1H3,(H,14,15,16). The topological polar surface area (TPSA) is 37.8 Å². The molecule has 0 aliphatic heterocycles. The number of nitrogens with zero attached hydrogens (tertiary/aromatic N) is 2. The Morgan fingerprint density at radius 2 is 2.35 bits per heavy atom. The van der Waals surface area contributed by atoms with E-state index in [0.717, 1.165) is 12.2 Å². The van der Waals surface area contributed by atoms with Gasteiger partial charge in [0.1, 0.15) is 17.3 Å². The van der Waals surface area contributed by atoms with Gasteiger partial charge in [-0.3, -0.25) is 0 Å². The van der Waals surface area contributed by atoms with Crippen LogP contribution in [0, 0.1) is 0 Å². The summed E-state index contributed by atoms with van der Waals surface area (Å²) < 4.78 is 0.708. The molecule has 90 valence electrons. The maximum atomic E-state index is 5.90. The molecule has 0 aromatic carbocycles. The molecule has 0 bridgehead atoms. The quantitative estimate of drug-likeness (QED) is 0.860. The molecule has 0 amide bonds. The molecule has 17 heavy (non-hydrogen) atoms. The van der Waals surface area contributed by atoms with Crippen LogP contribution in [0.2, 0.25) is 5.15 Å². The van der Waals surface area contributed by atoms with Gasteiger partial charge >= 0.3 is 0 Å². The lowest BCUT2D eigenvalue weighted by Gasteiger charge is -2.14. The number of hydrogen-bond donors (Lipinski definition) is 1. The number of aromatic nitrogens is 2. The Hall–Kier alpha value is -0.650. The largest absolute Gasteiger partial charge is 0.366 e. The molecule has 1 unspecified atom stereocenters. The average molecular weight is 333 g/mol. The van der Waals surface area contributed by atoms with Gasteiger partial charge in [0.2, 0.25) is 0 Å². The molecule has 2 heterocycles. The van der Waals surface area contributed by atoms with Crippen molar-refractivity contribution >= 4 is 44.7 Å². The van der Waals surface area contributed by atoms with E-state index < -0.39 is 0 Å². The highest BCUT2D eigenvalue weighted by Gasteiger charge is 2.10. The zero-order chi connectivity index (χ0) is 12.3. The summed E-state index contributed by atoms with van der Waals surface area (Å²) in [5, 5.41) is 5.82. The van der Waals surface area contributed by atoms with Crippen molar-refractivity contribution < 1.29 is 0 Å². The fourth-order valence-corrected chi connectivity index (χ4v) is 2.75. The van der Waals surface area contributed by atoms with Gasteiger partial charge in [0.15, 0.2) is 0 Å². The van der Waals surface area contributed by atoms with E-state index in [2.05, 4.69) is 55.7 Å². The molecular weight excluding hydrogens is 322 g/mol. The summed E-state index contributed by atoms with van der Waals surface area (Å²) in [6.07, 6.45) is 2.42. The van der Waals surface area contributed by atoms with Crippen molar-refractivity contribution in [3.8, 4) is 0 Å². The second kappa shape index (κ2) is 5.80. The molecule has 2 aromatic heterocycles. The molecule has 0 spiro atoms. The third kappa shape index (κ3) is 3.40. The first-order valence-corrected chi connectivity index (χ1v) is 7.17. The van der Waals surface area contributed by atoms with Gasteiger partial charge in [0.05, 0.1) is 4.47 Å². The third-order valence-corrected chi connectivity index (χ3v) is 4.38. The first-order chi connectivity index (χ1) is 8.16. The monoisotopic (exact) mass is 331 g/mol. The molecule has 0 aliphatic rings. The smallest absolute Gasteiger partial charge is 0.148 e. The van der Waals surface area contributed by atoms with Crippen LogP contribution in [-0.2, 0) is 6.42 Å². The minimum Gasteiger partial charge on any atom is -0.366 e. The minimum atomic E-state index is 0.288. The Labute approximate surface area is 117 Å². The van der Waals surface area contributed by atoms with Crippen LogP contribution >= 0.6 is 38.9 Å². The Bertz CT molecular complexity index is 489. The molecule has 6 heteroatoms. The Kier molecular flexibility index (Phi) is 4.36. The lowest BCUT2D eigenvalue weighted by atomic mass is 10.2. The Balaban J connectivity index is 2.03. The second-order valence-corrected chi connectivity index (χ2v) is 5.84. The highest BCUT2D eigenvalue weighted by molar-refractivity contribution is 9.10. The van der Waals surface area contributed by atoms with Gasteiger partial charge in [0, 0.05) is 17.3 Å². The zero-order valence-electron chi connectivity index (χ0n) is 9.15. The molecular formula is C11H11BrClN3S. The summed E-state index contributed by atoms with van der Waals surface area (Å²) in [4.78, 5) is 9.40. The molecule has 0 saturated carbocycles. The molecule has 0 fully saturated rings. The maximum Gasteiger partial charge on any atom is 0.148 e. The van der Waals surface area contributed by atoms with E-state index in [-0.39, 0.29) is 6.04 Å². The van der Waals surface area contributed by atoms with E-state index in [1.54, 1.807) is 11.3 Å². The van der Waals surface area contributed by atoms with Crippen molar-refractivity contribution in [1.29, 1.82) is 0 Å². The number of nitrogens with one attached hydrogen (secondary N) is 1. The van der Waals surface area contributed by atoms with Crippen molar-refractivity contribution in [1.82, 2.24) is 9.97 Å². The first kappa shape index (κ1) is 12.8. The summed E-state index contributed by atoms with van der Waals surface area (Å²) in [5.41, 5.74) is 0. The summed E-state index contributed by atoms with van der Waals surface area (Å²) in [5.74, 6) is 0.731. The number of thiophene rings is 1. The van der Waals surface area contributed by atoms with E-state index in [1.807, 2.05) is 0 Å². The van der Waals surface area contributed by atoms with Crippen molar-refractivity contribution in [2.75, 3.05) is 5.32 Å². The highest BCUT2D eigenvalue weighted by atomic mass is 79.9. The third-order valence-electron chi connectivity index (χ3n) is 2.22. The van der Waals surface area contributed by atoms with Crippen LogP contribution in [-0.4, -0.2) is 16.0 Å². The first-order valence-electron chi connectivity index (χ1n) is 5.11. The van der Waals surface area contributed by atoms with Gasteiger partial charge in [-0.15, -0.1) is 11.3 Å².